The minimum Gasteiger partial charge on any atom is -0.493 e. The highest BCUT2D eigenvalue weighted by molar-refractivity contribution is 6.34. The maximum atomic E-state index is 15.0. The molecule has 1 heterocycles. The third kappa shape index (κ3) is 7.27. The summed E-state index contributed by atoms with van der Waals surface area (Å²) >= 11 is 11.9. The smallest absolute Gasteiger partial charge is 0.408 e. The van der Waals surface area contributed by atoms with Crippen LogP contribution in [0.5, 0.6) is 5.75 Å². The zero-order valence-corrected chi connectivity index (χ0v) is 23.5. The molecule has 1 aliphatic heterocycles. The lowest BCUT2D eigenvalue weighted by Gasteiger charge is -2.38. The van der Waals surface area contributed by atoms with Crippen molar-refractivity contribution in [3.8, 4) is 5.75 Å². The van der Waals surface area contributed by atoms with Gasteiger partial charge in [-0.2, -0.15) is 13.2 Å². The fraction of sp³-hybridized carbons (Fsp3) is 0.517. The Labute approximate surface area is 244 Å². The molecule has 2 aromatic rings. The molecule has 0 aromatic heterocycles. The molecular formula is C29H30Cl2F4N2O4. The number of nitrogens with one attached hydrogen (secondary N) is 1. The van der Waals surface area contributed by atoms with Gasteiger partial charge in [-0.25, -0.2) is 9.18 Å². The summed E-state index contributed by atoms with van der Waals surface area (Å²) in [5, 5.41) is 12.1. The van der Waals surface area contributed by atoms with Crippen LogP contribution in [0.4, 0.5) is 17.6 Å². The Hall–Kier alpha value is -2.56. The van der Waals surface area contributed by atoms with Gasteiger partial charge in [0.1, 0.15) is 23.7 Å². The zero-order chi connectivity index (χ0) is 29.5. The average molecular weight is 617 g/mol. The summed E-state index contributed by atoms with van der Waals surface area (Å²) in [6.07, 6.45) is -0.525. The topological polar surface area (TPSA) is 78.9 Å². The molecule has 2 atom stereocenters. The Bertz CT molecular complexity index is 1290. The Morgan fingerprint density at radius 2 is 1.63 bits per heavy atom. The van der Waals surface area contributed by atoms with Crippen molar-refractivity contribution in [3.63, 3.8) is 0 Å². The number of ether oxygens (including phenoxy) is 1. The lowest BCUT2D eigenvalue weighted by molar-refractivity contribution is -0.190. The number of alkyl halides is 3. The molecule has 0 radical (unpaired) electrons. The number of carboxylic acids is 1. The number of amides is 1. The third-order valence-corrected chi connectivity index (χ3v) is 8.44. The maximum Gasteiger partial charge on any atom is 0.408 e. The van der Waals surface area contributed by atoms with E-state index in [0.29, 0.717) is 37.0 Å². The van der Waals surface area contributed by atoms with Crippen molar-refractivity contribution in [3.05, 3.63) is 62.9 Å². The minimum absolute atomic E-state index is 0.00909. The second-order valence-corrected chi connectivity index (χ2v) is 12.1. The number of likely N-dealkylation sites (tertiary alicyclic amines) is 1. The van der Waals surface area contributed by atoms with Crippen molar-refractivity contribution < 1.29 is 37.0 Å². The molecule has 1 amide bonds. The summed E-state index contributed by atoms with van der Waals surface area (Å²) in [5.74, 6) is -2.51. The van der Waals surface area contributed by atoms with Crippen molar-refractivity contribution in [2.75, 3.05) is 19.7 Å². The van der Waals surface area contributed by atoms with Crippen LogP contribution in [-0.4, -0.2) is 53.8 Å². The minimum atomic E-state index is -4.52. The number of aliphatic carboxylic acids is 1. The Morgan fingerprint density at radius 3 is 2.17 bits per heavy atom. The molecule has 1 saturated heterocycles. The number of hydrogen-bond donors (Lipinski definition) is 2. The molecule has 2 N–H and O–H groups in total. The van der Waals surface area contributed by atoms with Crippen LogP contribution in [0.25, 0.3) is 0 Å². The molecule has 3 fully saturated rings. The summed E-state index contributed by atoms with van der Waals surface area (Å²) in [7, 11) is 0. The van der Waals surface area contributed by atoms with Gasteiger partial charge < -0.3 is 15.2 Å². The fourth-order valence-electron chi connectivity index (χ4n) is 5.54. The van der Waals surface area contributed by atoms with Crippen LogP contribution in [0, 0.1) is 17.7 Å². The summed E-state index contributed by atoms with van der Waals surface area (Å²) in [5.41, 5.74) is 0.450. The van der Waals surface area contributed by atoms with Gasteiger partial charge in [-0.3, -0.25) is 9.69 Å². The van der Waals surface area contributed by atoms with Gasteiger partial charge in [-0.05, 0) is 105 Å². The van der Waals surface area contributed by atoms with Crippen LogP contribution in [0.2, 0.25) is 10.0 Å². The molecule has 222 valence electrons. The molecule has 41 heavy (non-hydrogen) atoms. The van der Waals surface area contributed by atoms with E-state index in [1.54, 1.807) is 0 Å². The van der Waals surface area contributed by atoms with E-state index in [1.807, 2.05) is 0 Å². The number of rotatable bonds is 10. The predicted molar refractivity (Wildman–Crippen MR) is 145 cm³/mol. The van der Waals surface area contributed by atoms with Crippen LogP contribution < -0.4 is 10.1 Å². The zero-order valence-electron chi connectivity index (χ0n) is 22.0. The molecule has 6 nitrogen and oxygen atoms in total. The normalized spacial score (nSPS) is 20.0. The van der Waals surface area contributed by atoms with Gasteiger partial charge in [0.05, 0.1) is 12.2 Å². The summed E-state index contributed by atoms with van der Waals surface area (Å²) in [6, 6.07) is 3.67. The van der Waals surface area contributed by atoms with E-state index in [0.717, 1.165) is 18.9 Å². The molecule has 0 spiro atoms. The van der Waals surface area contributed by atoms with Gasteiger partial charge in [0.25, 0.3) is 5.91 Å². The number of nitrogens with zero attached hydrogens (tertiary/aromatic N) is 1. The monoisotopic (exact) mass is 616 g/mol. The van der Waals surface area contributed by atoms with Crippen LogP contribution in [0.3, 0.4) is 0 Å². The molecule has 2 saturated carbocycles. The maximum absolute atomic E-state index is 15.0. The van der Waals surface area contributed by atoms with E-state index >= 15 is 4.39 Å². The van der Waals surface area contributed by atoms with Crippen molar-refractivity contribution in [1.82, 2.24) is 10.2 Å². The lowest BCUT2D eigenvalue weighted by atomic mass is 9.94. The predicted octanol–water partition coefficient (Wildman–Crippen LogP) is 7.00. The number of carboxylic acid groups (broad SMARTS) is 1. The Kier molecular flexibility index (Phi) is 8.74. The largest absolute Gasteiger partial charge is 0.493 e. The van der Waals surface area contributed by atoms with Crippen LogP contribution in [-0.2, 0) is 4.79 Å². The molecule has 2 aromatic carbocycles. The van der Waals surface area contributed by atoms with E-state index in [4.69, 9.17) is 27.9 Å². The van der Waals surface area contributed by atoms with Crippen LogP contribution in [0.15, 0.2) is 30.3 Å². The van der Waals surface area contributed by atoms with Gasteiger partial charge in [0.15, 0.2) is 0 Å². The van der Waals surface area contributed by atoms with Gasteiger partial charge in [0, 0.05) is 16.1 Å². The standard InChI is InChI=1S/C29H30Cl2F4N2O4/c30-19-9-18(10-20(31)11-19)26(29(33,34)35)37-7-5-15(6-8-37)14-41-24-13-23(32)22(12-21(24)16-1-2-16)27(38)36-25(28(39)40)17-3-4-17/h9-13,15-17,25-26H,1-8,14H2,(H,36,38)(H,39,40). The molecule has 2 aliphatic carbocycles. The summed E-state index contributed by atoms with van der Waals surface area (Å²) in [4.78, 5) is 25.6. The molecular weight excluding hydrogens is 587 g/mol. The highest BCUT2D eigenvalue weighted by Crippen LogP contribution is 2.46. The second kappa shape index (κ2) is 12.0. The van der Waals surface area contributed by atoms with Crippen LogP contribution >= 0.6 is 23.2 Å². The first-order valence-electron chi connectivity index (χ1n) is 13.7. The molecule has 0 bridgehead atoms. The quantitative estimate of drug-likeness (QED) is 0.281. The van der Waals surface area contributed by atoms with E-state index in [2.05, 4.69) is 5.32 Å². The lowest BCUT2D eigenvalue weighted by Crippen LogP contribution is -2.44. The average Bonchev–Trinajstić information content (AvgIpc) is 3.79. The number of piperidine rings is 1. The van der Waals surface area contributed by atoms with Gasteiger partial charge >= 0.3 is 12.1 Å². The van der Waals surface area contributed by atoms with Crippen molar-refractivity contribution in [2.45, 2.75) is 62.7 Å². The number of carbonyl (C=O) groups is 2. The van der Waals surface area contributed by atoms with Gasteiger partial charge in [-0.15, -0.1) is 0 Å². The van der Waals surface area contributed by atoms with Gasteiger partial charge in [0.2, 0.25) is 0 Å². The summed E-state index contributed by atoms with van der Waals surface area (Å²) in [6.45, 7) is 0.551. The molecule has 3 aliphatic rings. The Morgan fingerprint density at radius 1 is 1.00 bits per heavy atom. The van der Waals surface area contributed by atoms with Crippen molar-refractivity contribution in [1.29, 1.82) is 0 Å². The molecule has 5 rings (SSSR count). The Balaban J connectivity index is 1.23. The van der Waals surface area contributed by atoms with E-state index in [-0.39, 0.29) is 58.6 Å². The first-order chi connectivity index (χ1) is 19.4. The van der Waals surface area contributed by atoms with Crippen LogP contribution in [0.1, 0.15) is 72.0 Å². The molecule has 2 unspecified atom stereocenters. The molecule has 12 heteroatoms. The van der Waals surface area contributed by atoms with E-state index in [1.165, 1.54) is 29.2 Å². The van der Waals surface area contributed by atoms with E-state index < -0.39 is 36.0 Å². The van der Waals surface area contributed by atoms with Crippen molar-refractivity contribution >= 4 is 35.1 Å². The number of carbonyl (C=O) groups excluding carboxylic acids is 1. The highest BCUT2D eigenvalue weighted by Gasteiger charge is 2.46. The third-order valence-electron chi connectivity index (χ3n) is 8.01. The summed E-state index contributed by atoms with van der Waals surface area (Å²) < 4.78 is 63.3. The second-order valence-electron chi connectivity index (χ2n) is 11.2. The number of hydrogen-bond acceptors (Lipinski definition) is 4. The first kappa shape index (κ1) is 29.9. The fourth-order valence-corrected chi connectivity index (χ4v) is 6.08. The first-order valence-corrected chi connectivity index (χ1v) is 14.4. The SMILES string of the molecule is O=C(NC(C(=O)O)C1CC1)c1cc(C2CC2)c(OCC2CCN(C(c3cc(Cl)cc(Cl)c3)C(F)(F)F)CC2)cc1F. The van der Waals surface area contributed by atoms with Gasteiger partial charge in [-0.1, -0.05) is 23.2 Å². The number of halogens is 6. The van der Waals surface area contributed by atoms with E-state index in [9.17, 15) is 27.9 Å². The highest BCUT2D eigenvalue weighted by atomic mass is 35.5. The number of benzene rings is 2. The van der Waals surface area contributed by atoms with Crippen molar-refractivity contribution in [2.24, 2.45) is 11.8 Å².